The second-order valence-electron chi connectivity index (χ2n) is 5.29. The quantitative estimate of drug-likeness (QED) is 0.869. The van der Waals surface area contributed by atoms with Gasteiger partial charge in [0.2, 0.25) is 0 Å². The topological polar surface area (TPSA) is 39.1 Å². The molecule has 5 heteroatoms. The Morgan fingerprint density at radius 3 is 3.14 bits per heavy atom. The van der Waals surface area contributed by atoms with Gasteiger partial charge in [0, 0.05) is 41.9 Å². The van der Waals surface area contributed by atoms with Crippen LogP contribution >= 0.6 is 15.9 Å². The largest absolute Gasteiger partial charge is 0.493 e. The van der Waals surface area contributed by atoms with Gasteiger partial charge < -0.3 is 14.6 Å². The van der Waals surface area contributed by atoms with Crippen LogP contribution in [0.1, 0.15) is 30.3 Å². The predicted molar refractivity (Wildman–Crippen MR) is 86.4 cm³/mol. The van der Waals surface area contributed by atoms with Crippen molar-refractivity contribution in [3.63, 3.8) is 0 Å². The van der Waals surface area contributed by atoms with Gasteiger partial charge in [0.25, 0.3) is 0 Å². The fraction of sp³-hybridized carbons (Fsp3) is 0.438. The van der Waals surface area contributed by atoms with Crippen LogP contribution in [-0.2, 0) is 26.1 Å². The normalized spacial score (nSPS) is 13.2. The zero-order valence-electron chi connectivity index (χ0n) is 12.2. The molecule has 0 unspecified atom stereocenters. The number of hydrogen-bond donors (Lipinski definition) is 1. The monoisotopic (exact) mass is 349 g/mol. The van der Waals surface area contributed by atoms with Crippen molar-refractivity contribution >= 4 is 15.9 Å². The molecule has 0 saturated heterocycles. The third kappa shape index (κ3) is 3.30. The first-order valence-corrected chi connectivity index (χ1v) is 8.22. The van der Waals surface area contributed by atoms with E-state index >= 15 is 0 Å². The molecule has 0 fully saturated rings. The molecule has 1 aliphatic heterocycles. The molecule has 2 heterocycles. The van der Waals surface area contributed by atoms with Gasteiger partial charge >= 0.3 is 0 Å². The lowest BCUT2D eigenvalue weighted by Crippen LogP contribution is -2.17. The fourth-order valence-electron chi connectivity index (χ4n) is 2.74. The molecular formula is C16H20BrN3O. The van der Waals surface area contributed by atoms with Crippen LogP contribution in [0.4, 0.5) is 0 Å². The highest BCUT2D eigenvalue weighted by Crippen LogP contribution is 2.32. The smallest absolute Gasteiger partial charge is 0.127 e. The van der Waals surface area contributed by atoms with E-state index in [4.69, 9.17) is 4.74 Å². The van der Waals surface area contributed by atoms with Crippen molar-refractivity contribution in [2.24, 2.45) is 0 Å². The van der Waals surface area contributed by atoms with E-state index < -0.39 is 0 Å². The number of rotatable bonds is 6. The summed E-state index contributed by atoms with van der Waals surface area (Å²) in [6, 6.07) is 4.29. The SMILES string of the molecule is CCCn1ccnc1CNCc1cc(Br)cc2c1OCC2. The molecule has 0 spiro atoms. The Morgan fingerprint density at radius 2 is 2.29 bits per heavy atom. The minimum Gasteiger partial charge on any atom is -0.493 e. The van der Waals surface area contributed by atoms with E-state index in [2.05, 4.69) is 49.9 Å². The number of fused-ring (bicyclic) bond motifs is 1. The van der Waals surface area contributed by atoms with E-state index in [-0.39, 0.29) is 0 Å². The Kier molecular flexibility index (Phi) is 4.60. The number of benzene rings is 1. The molecule has 1 N–H and O–H groups in total. The third-order valence-electron chi connectivity index (χ3n) is 3.69. The number of hydrogen-bond acceptors (Lipinski definition) is 3. The minimum absolute atomic E-state index is 0.772. The standard InChI is InChI=1S/C16H20BrN3O/c1-2-5-20-6-4-19-15(20)11-18-10-13-9-14(17)8-12-3-7-21-16(12)13/h4,6,8-9,18H,2-3,5,7,10-11H2,1H3. The van der Waals surface area contributed by atoms with Crippen LogP contribution in [0.2, 0.25) is 0 Å². The summed E-state index contributed by atoms with van der Waals surface area (Å²) in [7, 11) is 0. The predicted octanol–water partition coefficient (Wildman–Crippen LogP) is 3.28. The molecular weight excluding hydrogens is 330 g/mol. The summed E-state index contributed by atoms with van der Waals surface area (Å²) in [6.45, 7) is 5.56. The highest BCUT2D eigenvalue weighted by atomic mass is 79.9. The molecule has 1 aliphatic rings. The maximum atomic E-state index is 5.75. The van der Waals surface area contributed by atoms with Crippen molar-refractivity contribution < 1.29 is 4.74 Å². The number of aromatic nitrogens is 2. The second kappa shape index (κ2) is 6.62. The van der Waals surface area contributed by atoms with Gasteiger partial charge in [-0.05, 0) is 24.1 Å². The first-order chi connectivity index (χ1) is 10.3. The van der Waals surface area contributed by atoms with Gasteiger partial charge in [-0.3, -0.25) is 0 Å². The van der Waals surface area contributed by atoms with Crippen molar-refractivity contribution in [1.82, 2.24) is 14.9 Å². The summed E-state index contributed by atoms with van der Waals surface area (Å²) < 4.78 is 9.08. The summed E-state index contributed by atoms with van der Waals surface area (Å²) in [5.41, 5.74) is 2.51. The van der Waals surface area contributed by atoms with Gasteiger partial charge in [0.05, 0.1) is 13.2 Å². The highest BCUT2D eigenvalue weighted by Gasteiger charge is 2.17. The second-order valence-corrected chi connectivity index (χ2v) is 6.21. The molecule has 0 atom stereocenters. The molecule has 4 nitrogen and oxygen atoms in total. The first kappa shape index (κ1) is 14.6. The van der Waals surface area contributed by atoms with Gasteiger partial charge in [0.1, 0.15) is 11.6 Å². The number of ether oxygens (including phenoxy) is 1. The van der Waals surface area contributed by atoms with Crippen molar-refractivity contribution in [1.29, 1.82) is 0 Å². The average molecular weight is 350 g/mol. The van der Waals surface area contributed by atoms with E-state index in [1.54, 1.807) is 0 Å². The summed E-state index contributed by atoms with van der Waals surface area (Å²) in [5.74, 6) is 2.15. The molecule has 3 rings (SSSR count). The Labute approximate surface area is 133 Å². The number of imidazole rings is 1. The van der Waals surface area contributed by atoms with Crippen molar-refractivity contribution in [2.75, 3.05) is 6.61 Å². The van der Waals surface area contributed by atoms with Gasteiger partial charge in [-0.2, -0.15) is 0 Å². The van der Waals surface area contributed by atoms with Crippen LogP contribution in [0.15, 0.2) is 29.0 Å². The lowest BCUT2D eigenvalue weighted by molar-refractivity contribution is 0.352. The van der Waals surface area contributed by atoms with Crippen LogP contribution in [0.5, 0.6) is 5.75 Å². The van der Waals surface area contributed by atoms with Crippen LogP contribution in [0.25, 0.3) is 0 Å². The van der Waals surface area contributed by atoms with Crippen molar-refractivity contribution in [2.45, 2.75) is 39.4 Å². The Balaban J connectivity index is 1.64. The van der Waals surface area contributed by atoms with Crippen LogP contribution < -0.4 is 10.1 Å². The molecule has 0 bridgehead atoms. The van der Waals surface area contributed by atoms with E-state index in [1.807, 2.05) is 12.4 Å². The molecule has 112 valence electrons. The summed E-state index contributed by atoms with van der Waals surface area (Å²) in [5, 5.41) is 3.48. The Morgan fingerprint density at radius 1 is 1.38 bits per heavy atom. The van der Waals surface area contributed by atoms with Gasteiger partial charge in [-0.25, -0.2) is 4.98 Å². The molecule has 2 aromatic rings. The zero-order chi connectivity index (χ0) is 14.7. The molecule has 0 aliphatic carbocycles. The molecule has 0 amide bonds. The minimum atomic E-state index is 0.772. The fourth-order valence-corrected chi connectivity index (χ4v) is 3.29. The number of halogens is 1. The van der Waals surface area contributed by atoms with E-state index in [0.29, 0.717) is 0 Å². The number of aryl methyl sites for hydroxylation is 1. The summed E-state index contributed by atoms with van der Waals surface area (Å²) >= 11 is 3.58. The van der Waals surface area contributed by atoms with E-state index in [1.165, 1.54) is 11.1 Å². The molecule has 21 heavy (non-hydrogen) atoms. The lowest BCUT2D eigenvalue weighted by atomic mass is 10.1. The van der Waals surface area contributed by atoms with Crippen molar-refractivity contribution in [3.8, 4) is 5.75 Å². The van der Waals surface area contributed by atoms with Gasteiger partial charge in [-0.15, -0.1) is 0 Å². The summed E-state index contributed by atoms with van der Waals surface area (Å²) in [6.07, 6.45) is 6.03. The van der Waals surface area contributed by atoms with Gasteiger partial charge in [0.15, 0.2) is 0 Å². The van der Waals surface area contributed by atoms with Crippen molar-refractivity contribution in [3.05, 3.63) is 46.0 Å². The first-order valence-electron chi connectivity index (χ1n) is 7.42. The maximum absolute atomic E-state index is 5.75. The maximum Gasteiger partial charge on any atom is 0.127 e. The zero-order valence-corrected chi connectivity index (χ0v) is 13.8. The third-order valence-corrected chi connectivity index (χ3v) is 4.15. The molecule has 0 radical (unpaired) electrons. The van der Waals surface area contributed by atoms with Crippen LogP contribution in [0, 0.1) is 0 Å². The van der Waals surface area contributed by atoms with Gasteiger partial charge in [-0.1, -0.05) is 22.9 Å². The molecule has 0 saturated carbocycles. The summed E-state index contributed by atoms with van der Waals surface area (Å²) in [4.78, 5) is 4.42. The Bertz CT molecular complexity index is 624. The Hall–Kier alpha value is -1.33. The van der Waals surface area contributed by atoms with E-state index in [9.17, 15) is 0 Å². The number of nitrogens with zero attached hydrogens (tertiary/aromatic N) is 2. The lowest BCUT2D eigenvalue weighted by Gasteiger charge is -2.11. The molecule has 1 aromatic carbocycles. The average Bonchev–Trinajstić information content (AvgIpc) is 3.08. The van der Waals surface area contributed by atoms with Crippen LogP contribution in [-0.4, -0.2) is 16.2 Å². The van der Waals surface area contributed by atoms with Crippen LogP contribution in [0.3, 0.4) is 0 Å². The van der Waals surface area contributed by atoms with E-state index in [0.717, 1.165) is 55.1 Å². The highest BCUT2D eigenvalue weighted by molar-refractivity contribution is 9.10. The number of nitrogens with one attached hydrogen (secondary N) is 1. The molecule has 1 aromatic heterocycles.